The summed E-state index contributed by atoms with van der Waals surface area (Å²) in [5.41, 5.74) is 7.57. The third kappa shape index (κ3) is 3.16. The van der Waals surface area contributed by atoms with Gasteiger partial charge in [0.1, 0.15) is 16.1 Å². The molecule has 1 aromatic heterocycles. The summed E-state index contributed by atoms with van der Waals surface area (Å²) in [6.45, 7) is 4.80. The van der Waals surface area contributed by atoms with E-state index in [4.69, 9.17) is 5.73 Å². The lowest BCUT2D eigenvalue weighted by molar-refractivity contribution is 0.947. The Bertz CT molecular complexity index is 520. The van der Waals surface area contributed by atoms with E-state index in [1.807, 2.05) is 11.8 Å². The summed E-state index contributed by atoms with van der Waals surface area (Å²) in [6.07, 6.45) is 0. The fraction of sp³-hybridized carbons (Fsp3) is 0.308. The number of aromatic amines is 1. The molecular formula is C13H16BrN3S. The Kier molecular flexibility index (Phi) is 4.48. The topological polar surface area (TPSA) is 54.7 Å². The summed E-state index contributed by atoms with van der Waals surface area (Å²) < 4.78 is 0.882. The molecule has 3 N–H and O–H groups in total. The van der Waals surface area contributed by atoms with Gasteiger partial charge in [0.25, 0.3) is 0 Å². The minimum atomic E-state index is 0.417. The van der Waals surface area contributed by atoms with Crippen LogP contribution < -0.4 is 5.73 Å². The van der Waals surface area contributed by atoms with Gasteiger partial charge >= 0.3 is 0 Å². The van der Waals surface area contributed by atoms with E-state index in [2.05, 4.69) is 64.0 Å². The molecule has 1 heterocycles. The minimum Gasteiger partial charge on any atom is -0.335 e. The number of benzene rings is 1. The first kappa shape index (κ1) is 13.6. The van der Waals surface area contributed by atoms with Crippen LogP contribution in [0.4, 0.5) is 0 Å². The first-order valence-electron chi connectivity index (χ1n) is 5.81. The van der Waals surface area contributed by atoms with Crippen LogP contribution in [0.3, 0.4) is 0 Å². The van der Waals surface area contributed by atoms with Gasteiger partial charge in [-0.2, -0.15) is 0 Å². The number of imidazole rings is 1. The van der Waals surface area contributed by atoms with Gasteiger partial charge in [-0.05, 0) is 28.1 Å². The van der Waals surface area contributed by atoms with Gasteiger partial charge in [-0.25, -0.2) is 4.98 Å². The molecule has 2 rings (SSSR count). The van der Waals surface area contributed by atoms with Gasteiger partial charge in [0.15, 0.2) is 0 Å². The summed E-state index contributed by atoms with van der Waals surface area (Å²) >= 11 is 5.33. The maximum absolute atomic E-state index is 5.57. The predicted molar refractivity (Wildman–Crippen MR) is 80.6 cm³/mol. The zero-order valence-corrected chi connectivity index (χ0v) is 12.8. The Labute approximate surface area is 120 Å². The van der Waals surface area contributed by atoms with Crippen molar-refractivity contribution in [3.8, 4) is 11.3 Å². The van der Waals surface area contributed by atoms with Gasteiger partial charge in [0.05, 0.1) is 6.54 Å². The van der Waals surface area contributed by atoms with E-state index in [9.17, 15) is 0 Å². The Morgan fingerprint density at radius 1 is 1.33 bits per heavy atom. The highest BCUT2D eigenvalue weighted by Gasteiger charge is 2.09. The van der Waals surface area contributed by atoms with Gasteiger partial charge in [0, 0.05) is 15.7 Å². The van der Waals surface area contributed by atoms with Crippen LogP contribution in [0.2, 0.25) is 0 Å². The van der Waals surface area contributed by atoms with Gasteiger partial charge in [-0.3, -0.25) is 0 Å². The molecule has 18 heavy (non-hydrogen) atoms. The monoisotopic (exact) mass is 325 g/mol. The molecule has 0 fully saturated rings. The fourth-order valence-electron chi connectivity index (χ4n) is 1.65. The molecule has 96 valence electrons. The molecule has 2 aromatic rings. The number of H-pyrrole nitrogens is 1. The van der Waals surface area contributed by atoms with Crippen molar-refractivity contribution in [2.75, 3.05) is 0 Å². The summed E-state index contributed by atoms with van der Waals surface area (Å²) in [5.74, 6) is 0.789. The molecule has 5 heteroatoms. The average Bonchev–Trinajstić information content (AvgIpc) is 2.71. The van der Waals surface area contributed by atoms with Crippen LogP contribution in [0.25, 0.3) is 11.3 Å². The molecule has 0 saturated carbocycles. The van der Waals surface area contributed by atoms with Gasteiger partial charge in [-0.15, -0.1) is 11.8 Å². The van der Waals surface area contributed by atoms with Crippen molar-refractivity contribution in [2.24, 2.45) is 5.73 Å². The van der Waals surface area contributed by atoms with Crippen molar-refractivity contribution in [3.63, 3.8) is 0 Å². The number of nitrogens with zero attached hydrogens (tertiary/aromatic N) is 1. The molecule has 0 aliphatic rings. The SMILES string of the molecule is CC(C)Sc1ccc(-c2nc(CN)[nH]c2Br)cc1. The number of nitrogens with one attached hydrogen (secondary N) is 1. The molecule has 0 radical (unpaired) electrons. The van der Waals surface area contributed by atoms with Crippen LogP contribution >= 0.6 is 27.7 Å². The van der Waals surface area contributed by atoms with Crippen molar-refractivity contribution < 1.29 is 0 Å². The lowest BCUT2D eigenvalue weighted by Crippen LogP contribution is -1.97. The molecule has 0 bridgehead atoms. The van der Waals surface area contributed by atoms with Crippen LogP contribution in [-0.4, -0.2) is 15.2 Å². The normalized spacial score (nSPS) is 11.2. The highest BCUT2D eigenvalue weighted by atomic mass is 79.9. The second kappa shape index (κ2) is 5.91. The van der Waals surface area contributed by atoms with Crippen LogP contribution in [-0.2, 0) is 6.54 Å². The lowest BCUT2D eigenvalue weighted by atomic mass is 10.2. The molecule has 3 nitrogen and oxygen atoms in total. The molecular weight excluding hydrogens is 310 g/mol. The zero-order valence-electron chi connectivity index (χ0n) is 10.4. The Hall–Kier alpha value is -0.780. The van der Waals surface area contributed by atoms with E-state index in [-0.39, 0.29) is 0 Å². The third-order valence-corrected chi connectivity index (χ3v) is 3.99. The highest BCUT2D eigenvalue weighted by Crippen LogP contribution is 2.29. The predicted octanol–water partition coefficient (Wildman–Crippen LogP) is 3.80. The maximum Gasteiger partial charge on any atom is 0.121 e. The summed E-state index contributed by atoms with van der Waals surface area (Å²) in [4.78, 5) is 8.85. The Morgan fingerprint density at radius 3 is 2.50 bits per heavy atom. The van der Waals surface area contributed by atoms with E-state index in [0.29, 0.717) is 11.8 Å². The average molecular weight is 326 g/mol. The maximum atomic E-state index is 5.57. The molecule has 0 atom stereocenters. The van der Waals surface area contributed by atoms with Crippen LogP contribution in [0.5, 0.6) is 0 Å². The van der Waals surface area contributed by atoms with Gasteiger partial charge in [-0.1, -0.05) is 26.0 Å². The van der Waals surface area contributed by atoms with Crippen LogP contribution in [0.15, 0.2) is 33.8 Å². The number of rotatable bonds is 4. The van der Waals surface area contributed by atoms with E-state index in [1.165, 1.54) is 4.90 Å². The van der Waals surface area contributed by atoms with Gasteiger partial charge in [0.2, 0.25) is 0 Å². The van der Waals surface area contributed by atoms with Crippen molar-refractivity contribution in [1.29, 1.82) is 0 Å². The second-order valence-electron chi connectivity index (χ2n) is 4.24. The number of nitrogens with two attached hydrogens (primary N) is 1. The van der Waals surface area contributed by atoms with Crippen molar-refractivity contribution >= 4 is 27.7 Å². The first-order chi connectivity index (χ1) is 8.60. The number of hydrogen-bond donors (Lipinski definition) is 2. The quantitative estimate of drug-likeness (QED) is 0.840. The number of thioether (sulfide) groups is 1. The number of hydrogen-bond acceptors (Lipinski definition) is 3. The Balaban J connectivity index is 2.25. The van der Waals surface area contributed by atoms with Crippen LogP contribution in [0.1, 0.15) is 19.7 Å². The second-order valence-corrected chi connectivity index (χ2v) is 6.68. The van der Waals surface area contributed by atoms with E-state index < -0.39 is 0 Å². The van der Waals surface area contributed by atoms with Crippen molar-refractivity contribution in [2.45, 2.75) is 30.5 Å². The third-order valence-electron chi connectivity index (χ3n) is 2.40. The number of halogens is 1. The molecule has 0 aliphatic heterocycles. The van der Waals surface area contributed by atoms with E-state index in [1.54, 1.807) is 0 Å². The molecule has 0 saturated heterocycles. The number of aromatic nitrogens is 2. The minimum absolute atomic E-state index is 0.417. The smallest absolute Gasteiger partial charge is 0.121 e. The standard InChI is InChI=1S/C13H16BrN3S/c1-8(2)18-10-5-3-9(4-6-10)12-13(14)17-11(7-15)16-12/h3-6,8H,7,15H2,1-2H3,(H,16,17). The molecule has 1 aromatic carbocycles. The van der Waals surface area contributed by atoms with E-state index >= 15 is 0 Å². The van der Waals surface area contributed by atoms with E-state index in [0.717, 1.165) is 21.7 Å². The highest BCUT2D eigenvalue weighted by molar-refractivity contribution is 9.10. The largest absolute Gasteiger partial charge is 0.335 e. The zero-order chi connectivity index (χ0) is 13.1. The van der Waals surface area contributed by atoms with Crippen LogP contribution in [0, 0.1) is 0 Å². The Morgan fingerprint density at radius 2 is 2.00 bits per heavy atom. The van der Waals surface area contributed by atoms with Crippen molar-refractivity contribution in [3.05, 3.63) is 34.7 Å². The molecule has 0 aliphatic carbocycles. The molecule has 0 amide bonds. The summed E-state index contributed by atoms with van der Waals surface area (Å²) in [5, 5.41) is 0.594. The lowest BCUT2D eigenvalue weighted by Gasteiger charge is -2.05. The first-order valence-corrected chi connectivity index (χ1v) is 7.49. The molecule has 0 unspecified atom stereocenters. The van der Waals surface area contributed by atoms with Gasteiger partial charge < -0.3 is 10.7 Å². The van der Waals surface area contributed by atoms with Crippen molar-refractivity contribution in [1.82, 2.24) is 9.97 Å². The summed E-state index contributed by atoms with van der Waals surface area (Å²) in [7, 11) is 0. The fourth-order valence-corrected chi connectivity index (χ4v) is 3.03. The molecule has 0 spiro atoms. The summed E-state index contributed by atoms with van der Waals surface area (Å²) in [6, 6.07) is 8.43.